The predicted octanol–water partition coefficient (Wildman–Crippen LogP) is 1.03. The van der Waals surface area contributed by atoms with E-state index < -0.39 is 5.69 Å². The molecule has 1 aliphatic heterocycles. The van der Waals surface area contributed by atoms with Crippen LogP contribution in [-0.4, -0.2) is 32.4 Å². The van der Waals surface area contributed by atoms with Gasteiger partial charge in [0.2, 0.25) is 5.13 Å². The Labute approximate surface area is 125 Å². The van der Waals surface area contributed by atoms with Gasteiger partial charge < -0.3 is 9.88 Å². The zero-order chi connectivity index (χ0) is 15.0. The maximum Gasteiger partial charge on any atom is 0.325 e. The van der Waals surface area contributed by atoms with Crippen LogP contribution < -0.4 is 16.1 Å². The molecule has 2 aromatic rings. The third-order valence-corrected chi connectivity index (χ3v) is 4.42. The van der Waals surface area contributed by atoms with Gasteiger partial charge in [0.25, 0.3) is 5.56 Å². The van der Waals surface area contributed by atoms with Crippen molar-refractivity contribution in [3.8, 4) is 0 Å². The van der Waals surface area contributed by atoms with E-state index in [0.717, 1.165) is 30.5 Å². The molecule has 3 rings (SSSR count). The Kier molecular flexibility index (Phi) is 3.62. The zero-order valence-electron chi connectivity index (χ0n) is 11.9. The topological polar surface area (TPSA) is 94.7 Å². The molecular formula is C13H17N5O2S. The van der Waals surface area contributed by atoms with E-state index in [1.54, 1.807) is 0 Å². The van der Waals surface area contributed by atoms with Crippen LogP contribution in [0, 0.1) is 0 Å². The van der Waals surface area contributed by atoms with Gasteiger partial charge in [0, 0.05) is 48.2 Å². The number of hydrogen-bond donors (Lipinski definition) is 2. The molecule has 0 aliphatic carbocycles. The minimum absolute atomic E-state index is 0.145. The highest BCUT2D eigenvalue weighted by Crippen LogP contribution is 2.30. The Balaban J connectivity index is 1.78. The molecule has 1 atom stereocenters. The number of H-pyrrole nitrogens is 2. The van der Waals surface area contributed by atoms with Gasteiger partial charge in [-0.1, -0.05) is 13.8 Å². The van der Waals surface area contributed by atoms with E-state index in [1.807, 2.05) is 0 Å². The van der Waals surface area contributed by atoms with E-state index in [9.17, 15) is 9.59 Å². The van der Waals surface area contributed by atoms with Gasteiger partial charge >= 0.3 is 5.69 Å². The minimum Gasteiger partial charge on any atom is -0.346 e. The molecule has 3 heterocycles. The molecule has 21 heavy (non-hydrogen) atoms. The summed E-state index contributed by atoms with van der Waals surface area (Å²) in [5.41, 5.74) is -0.112. The van der Waals surface area contributed by atoms with E-state index in [-0.39, 0.29) is 11.5 Å². The number of rotatable bonds is 3. The van der Waals surface area contributed by atoms with E-state index >= 15 is 0 Å². The Bertz CT molecular complexity index is 719. The van der Waals surface area contributed by atoms with Gasteiger partial charge in [-0.25, -0.2) is 9.78 Å². The van der Waals surface area contributed by atoms with Crippen molar-refractivity contribution < 1.29 is 0 Å². The number of aromatic amines is 2. The monoisotopic (exact) mass is 307 g/mol. The van der Waals surface area contributed by atoms with Crippen LogP contribution in [0.25, 0.3) is 0 Å². The molecule has 7 nitrogen and oxygen atoms in total. The fourth-order valence-corrected chi connectivity index (χ4v) is 3.33. The molecule has 1 aliphatic rings. The van der Waals surface area contributed by atoms with Crippen molar-refractivity contribution in [3.05, 3.63) is 38.4 Å². The molecule has 1 saturated heterocycles. The number of nitrogens with one attached hydrogen (secondary N) is 2. The lowest BCUT2D eigenvalue weighted by Crippen LogP contribution is -2.25. The van der Waals surface area contributed by atoms with Gasteiger partial charge in [-0.05, 0) is 6.42 Å². The summed E-state index contributed by atoms with van der Waals surface area (Å²) >= 11 is 1.40. The number of hydrogen-bond acceptors (Lipinski definition) is 6. The average molecular weight is 307 g/mol. The predicted molar refractivity (Wildman–Crippen MR) is 81.3 cm³/mol. The second-order valence-corrected chi connectivity index (χ2v) is 6.29. The lowest BCUT2D eigenvalue weighted by atomic mass is 10.1. The van der Waals surface area contributed by atoms with Crippen LogP contribution in [0.4, 0.5) is 5.13 Å². The summed E-state index contributed by atoms with van der Waals surface area (Å²) in [4.78, 5) is 34.4. The van der Waals surface area contributed by atoms with E-state index in [1.165, 1.54) is 17.6 Å². The smallest absolute Gasteiger partial charge is 0.325 e. The number of aromatic nitrogens is 4. The molecule has 0 amide bonds. The SMILES string of the molecule is CC(C)c1nsc(N2CCC(c3cc(=O)[nH]c(=O)[nH]3)C2)n1. The lowest BCUT2D eigenvalue weighted by molar-refractivity contribution is 0.728. The first-order chi connectivity index (χ1) is 10.0. The van der Waals surface area contributed by atoms with Gasteiger partial charge in [-0.2, -0.15) is 4.37 Å². The van der Waals surface area contributed by atoms with Crippen LogP contribution in [0.5, 0.6) is 0 Å². The van der Waals surface area contributed by atoms with Crippen molar-refractivity contribution in [2.75, 3.05) is 18.0 Å². The van der Waals surface area contributed by atoms with Gasteiger partial charge in [-0.3, -0.25) is 9.78 Å². The molecule has 0 spiro atoms. The quantitative estimate of drug-likeness (QED) is 0.883. The maximum atomic E-state index is 11.4. The highest BCUT2D eigenvalue weighted by atomic mass is 32.1. The fourth-order valence-electron chi connectivity index (χ4n) is 2.48. The van der Waals surface area contributed by atoms with Gasteiger partial charge in [0.1, 0.15) is 5.82 Å². The van der Waals surface area contributed by atoms with E-state index in [2.05, 4.69) is 38.1 Å². The van der Waals surface area contributed by atoms with Gasteiger partial charge in [-0.15, -0.1) is 0 Å². The molecular weight excluding hydrogens is 290 g/mol. The highest BCUT2D eigenvalue weighted by Gasteiger charge is 2.27. The largest absolute Gasteiger partial charge is 0.346 e. The zero-order valence-corrected chi connectivity index (χ0v) is 12.7. The third-order valence-electron chi connectivity index (χ3n) is 3.63. The first-order valence-corrected chi connectivity index (χ1v) is 7.72. The van der Waals surface area contributed by atoms with Crippen molar-refractivity contribution in [2.45, 2.75) is 32.1 Å². The molecule has 1 unspecified atom stereocenters. The van der Waals surface area contributed by atoms with Gasteiger partial charge in [0.15, 0.2) is 0 Å². The number of anilines is 1. The second kappa shape index (κ2) is 5.44. The Morgan fingerprint density at radius 2 is 2.19 bits per heavy atom. The Morgan fingerprint density at radius 1 is 1.38 bits per heavy atom. The molecule has 2 aromatic heterocycles. The number of nitrogens with zero attached hydrogens (tertiary/aromatic N) is 3. The van der Waals surface area contributed by atoms with Crippen LogP contribution in [0.3, 0.4) is 0 Å². The summed E-state index contributed by atoms with van der Waals surface area (Å²) < 4.78 is 4.36. The highest BCUT2D eigenvalue weighted by molar-refractivity contribution is 7.09. The molecule has 112 valence electrons. The van der Waals surface area contributed by atoms with Crippen molar-refractivity contribution in [2.24, 2.45) is 0 Å². The van der Waals surface area contributed by atoms with E-state index in [4.69, 9.17) is 0 Å². The van der Waals surface area contributed by atoms with Crippen molar-refractivity contribution in [1.82, 2.24) is 19.3 Å². The molecule has 0 radical (unpaired) electrons. The van der Waals surface area contributed by atoms with Crippen molar-refractivity contribution in [1.29, 1.82) is 0 Å². The fraction of sp³-hybridized carbons (Fsp3) is 0.538. The first-order valence-electron chi connectivity index (χ1n) is 6.95. The van der Waals surface area contributed by atoms with Gasteiger partial charge in [0.05, 0.1) is 0 Å². The summed E-state index contributed by atoms with van der Waals surface area (Å²) in [7, 11) is 0. The van der Waals surface area contributed by atoms with Crippen molar-refractivity contribution in [3.63, 3.8) is 0 Å². The van der Waals surface area contributed by atoms with Crippen LogP contribution >= 0.6 is 11.5 Å². The lowest BCUT2D eigenvalue weighted by Gasteiger charge is -2.14. The average Bonchev–Trinajstić information content (AvgIpc) is 3.07. The summed E-state index contributed by atoms with van der Waals surface area (Å²) in [5, 5.41) is 0.911. The van der Waals surface area contributed by atoms with Crippen LogP contribution in [0.2, 0.25) is 0 Å². The Hall–Kier alpha value is -1.96. The van der Waals surface area contributed by atoms with Crippen LogP contribution in [0.1, 0.15) is 43.6 Å². The molecule has 1 fully saturated rings. The molecule has 8 heteroatoms. The molecule has 0 bridgehead atoms. The summed E-state index contributed by atoms with van der Waals surface area (Å²) in [5.74, 6) is 1.33. The molecule has 0 aromatic carbocycles. The normalized spacial score (nSPS) is 18.6. The Morgan fingerprint density at radius 3 is 2.86 bits per heavy atom. The summed E-state index contributed by atoms with van der Waals surface area (Å²) in [6, 6.07) is 1.47. The van der Waals surface area contributed by atoms with E-state index in [0.29, 0.717) is 11.6 Å². The maximum absolute atomic E-state index is 11.4. The summed E-state index contributed by atoms with van der Waals surface area (Å²) in [6.45, 7) is 5.73. The van der Waals surface area contributed by atoms with Crippen LogP contribution in [0.15, 0.2) is 15.7 Å². The van der Waals surface area contributed by atoms with Crippen molar-refractivity contribution >= 4 is 16.7 Å². The summed E-state index contributed by atoms with van der Waals surface area (Å²) in [6.07, 6.45) is 0.885. The first kappa shape index (κ1) is 14.0. The second-order valence-electron chi connectivity index (χ2n) is 5.56. The minimum atomic E-state index is -0.450. The standard InChI is InChI=1S/C13H17N5O2S/c1-7(2)11-16-13(21-17-11)18-4-3-8(6-18)9-5-10(19)15-12(20)14-9/h5,7-8H,3-4,6H2,1-2H3,(H2,14,15,19,20). The third kappa shape index (κ3) is 2.90. The van der Waals surface area contributed by atoms with Crippen LogP contribution in [-0.2, 0) is 0 Å². The molecule has 0 saturated carbocycles. The molecule has 2 N–H and O–H groups in total.